The van der Waals surface area contributed by atoms with Gasteiger partial charge in [0.2, 0.25) is 0 Å². The van der Waals surface area contributed by atoms with E-state index in [-0.39, 0.29) is 0 Å². The first-order chi connectivity index (χ1) is 12.0. The van der Waals surface area contributed by atoms with Crippen molar-refractivity contribution in [2.24, 2.45) is 0 Å². The zero-order valence-electron chi connectivity index (χ0n) is 12.2. The van der Waals surface area contributed by atoms with E-state index in [1.54, 1.807) is 47.8 Å². The van der Waals surface area contributed by atoms with E-state index in [0.717, 1.165) is 19.8 Å². The van der Waals surface area contributed by atoms with Crippen molar-refractivity contribution >= 4 is 81.3 Å². The fourth-order valence-corrected chi connectivity index (χ4v) is 5.69. The number of aromatic nitrogens is 4. The van der Waals surface area contributed by atoms with Crippen molar-refractivity contribution in [3.8, 4) is 0 Å². The van der Waals surface area contributed by atoms with Crippen LogP contribution in [0.15, 0.2) is 32.9 Å². The third-order valence-electron chi connectivity index (χ3n) is 2.76. The molecule has 0 aliphatic rings. The van der Waals surface area contributed by atoms with E-state index in [1.807, 2.05) is 0 Å². The van der Waals surface area contributed by atoms with Crippen LogP contribution in [-0.4, -0.2) is 20.2 Å². The van der Waals surface area contributed by atoms with Crippen molar-refractivity contribution in [3.63, 3.8) is 0 Å². The molecule has 4 nitrogen and oxygen atoms in total. The highest BCUT2D eigenvalue weighted by Gasteiger charge is 2.08. The predicted molar refractivity (Wildman–Crippen MR) is 108 cm³/mol. The molecule has 0 aliphatic heterocycles. The Balaban J connectivity index is 1.56. The van der Waals surface area contributed by atoms with E-state index in [4.69, 9.17) is 46.4 Å². The van der Waals surface area contributed by atoms with Gasteiger partial charge in [-0.05, 0) is 35.4 Å². The molecule has 0 amide bonds. The predicted octanol–water partition coefficient (Wildman–Crippen LogP) is 6.53. The summed E-state index contributed by atoms with van der Waals surface area (Å²) in [6.45, 7) is 0. The van der Waals surface area contributed by atoms with E-state index in [0.29, 0.717) is 32.1 Å². The van der Waals surface area contributed by atoms with Crippen molar-refractivity contribution in [1.29, 1.82) is 0 Å². The van der Waals surface area contributed by atoms with Crippen LogP contribution >= 0.6 is 81.3 Å². The molecule has 0 saturated heterocycles. The van der Waals surface area contributed by atoms with Gasteiger partial charge in [0.05, 0.1) is 0 Å². The summed E-state index contributed by atoms with van der Waals surface area (Å²) >= 11 is 28.3. The lowest BCUT2D eigenvalue weighted by atomic mass is 10.3. The van der Waals surface area contributed by atoms with Crippen molar-refractivity contribution in [1.82, 2.24) is 20.2 Å². The van der Waals surface area contributed by atoms with Gasteiger partial charge >= 0.3 is 0 Å². The number of rotatable bonds is 6. The Morgan fingerprint density at radius 3 is 1.40 bits per heavy atom. The molecule has 25 heavy (non-hydrogen) atoms. The van der Waals surface area contributed by atoms with Crippen LogP contribution in [0.2, 0.25) is 20.6 Å². The molecule has 0 fully saturated rings. The number of thioether (sulfide) groups is 2. The first-order valence-electron chi connectivity index (χ1n) is 6.71. The molecule has 130 valence electrons. The molecule has 0 radical (unpaired) electrons. The van der Waals surface area contributed by atoms with Crippen LogP contribution in [0.4, 0.5) is 0 Å². The Bertz CT molecular complexity index is 780. The van der Waals surface area contributed by atoms with Gasteiger partial charge in [-0.1, -0.05) is 81.3 Å². The second-order valence-corrected chi connectivity index (χ2v) is 9.62. The van der Waals surface area contributed by atoms with Crippen LogP contribution in [0.25, 0.3) is 0 Å². The second kappa shape index (κ2) is 9.08. The Morgan fingerprint density at radius 1 is 0.680 bits per heavy atom. The molecular formula is C14H8Cl4N4S3. The average Bonchev–Trinajstić information content (AvgIpc) is 2.97. The Morgan fingerprint density at radius 2 is 1.04 bits per heavy atom. The molecule has 3 rings (SSSR count). The molecule has 0 N–H and O–H groups in total. The van der Waals surface area contributed by atoms with Crippen molar-refractivity contribution < 1.29 is 0 Å². The minimum atomic E-state index is 0.381. The summed E-state index contributed by atoms with van der Waals surface area (Å²) in [6, 6.07) is 7.14. The normalized spacial score (nSPS) is 11.0. The van der Waals surface area contributed by atoms with E-state index in [9.17, 15) is 0 Å². The van der Waals surface area contributed by atoms with Crippen LogP contribution < -0.4 is 0 Å². The number of hydrogen-bond donors (Lipinski definition) is 0. The Kier molecular flexibility index (Phi) is 7.08. The molecule has 0 unspecified atom stereocenters. The van der Waals surface area contributed by atoms with Gasteiger partial charge in [-0.2, -0.15) is 0 Å². The van der Waals surface area contributed by atoms with Gasteiger partial charge in [-0.3, -0.25) is 0 Å². The SMILES string of the molecule is Clc1cc(CSc2nnc(SCc3cc(Cl)nc(Cl)c3)s2)cc(Cl)n1. The molecule has 0 aromatic carbocycles. The molecule has 0 bridgehead atoms. The molecule has 11 heteroatoms. The summed E-state index contributed by atoms with van der Waals surface area (Å²) in [5.41, 5.74) is 1.97. The van der Waals surface area contributed by atoms with E-state index in [1.165, 1.54) is 11.3 Å². The van der Waals surface area contributed by atoms with Crippen molar-refractivity contribution in [3.05, 3.63) is 56.0 Å². The summed E-state index contributed by atoms with van der Waals surface area (Å²) in [5, 5.41) is 9.90. The highest BCUT2D eigenvalue weighted by molar-refractivity contribution is 8.02. The van der Waals surface area contributed by atoms with Crippen LogP contribution in [-0.2, 0) is 11.5 Å². The number of nitrogens with zero attached hydrogens (tertiary/aromatic N) is 4. The van der Waals surface area contributed by atoms with Gasteiger partial charge in [-0.15, -0.1) is 10.2 Å². The number of hydrogen-bond acceptors (Lipinski definition) is 7. The topological polar surface area (TPSA) is 51.6 Å². The monoisotopic (exact) mass is 468 g/mol. The van der Waals surface area contributed by atoms with Gasteiger partial charge in [-0.25, -0.2) is 9.97 Å². The quantitative estimate of drug-likeness (QED) is 0.302. The fourth-order valence-electron chi connectivity index (χ4n) is 1.80. The minimum Gasteiger partial charge on any atom is -0.224 e. The number of pyridine rings is 2. The number of halogens is 4. The van der Waals surface area contributed by atoms with Gasteiger partial charge in [0.1, 0.15) is 20.6 Å². The molecule has 0 spiro atoms. The maximum Gasteiger partial charge on any atom is 0.175 e. The van der Waals surface area contributed by atoms with Crippen LogP contribution in [0.5, 0.6) is 0 Å². The highest BCUT2D eigenvalue weighted by Crippen LogP contribution is 2.33. The van der Waals surface area contributed by atoms with Gasteiger partial charge in [0, 0.05) is 11.5 Å². The van der Waals surface area contributed by atoms with Crippen LogP contribution in [0, 0.1) is 0 Å². The van der Waals surface area contributed by atoms with E-state index in [2.05, 4.69) is 20.2 Å². The van der Waals surface area contributed by atoms with Gasteiger partial charge in [0.15, 0.2) is 8.68 Å². The van der Waals surface area contributed by atoms with Crippen LogP contribution in [0.3, 0.4) is 0 Å². The Labute approximate surface area is 176 Å². The van der Waals surface area contributed by atoms with Crippen molar-refractivity contribution in [2.45, 2.75) is 20.2 Å². The average molecular weight is 470 g/mol. The molecule has 0 saturated carbocycles. The smallest absolute Gasteiger partial charge is 0.175 e. The second-order valence-electron chi connectivity index (χ2n) is 4.65. The third kappa shape index (κ3) is 6.13. The zero-order chi connectivity index (χ0) is 17.8. The van der Waals surface area contributed by atoms with Crippen molar-refractivity contribution in [2.75, 3.05) is 0 Å². The summed E-state index contributed by atoms with van der Waals surface area (Å²) < 4.78 is 1.75. The zero-order valence-corrected chi connectivity index (χ0v) is 17.7. The largest absolute Gasteiger partial charge is 0.224 e. The summed E-state index contributed by atoms with van der Waals surface area (Å²) in [7, 11) is 0. The molecule has 3 heterocycles. The lowest BCUT2D eigenvalue weighted by molar-refractivity contribution is 0.954. The summed E-state index contributed by atoms with van der Waals surface area (Å²) in [4.78, 5) is 7.86. The first kappa shape index (κ1) is 19.5. The summed E-state index contributed by atoms with van der Waals surface area (Å²) in [5.74, 6) is 1.38. The highest BCUT2D eigenvalue weighted by atomic mass is 35.5. The third-order valence-corrected chi connectivity index (χ3v) is 6.86. The van der Waals surface area contributed by atoms with E-state index < -0.39 is 0 Å². The molecule has 0 aliphatic carbocycles. The van der Waals surface area contributed by atoms with E-state index >= 15 is 0 Å². The molecule has 3 aromatic heterocycles. The molecular weight excluding hydrogens is 462 g/mol. The van der Waals surface area contributed by atoms with Crippen LogP contribution in [0.1, 0.15) is 11.1 Å². The Hall–Kier alpha value is -0.280. The molecule has 0 atom stereocenters. The standard InChI is InChI=1S/C14H8Cl4N4S3/c15-9-1-7(2-10(16)19-9)5-23-13-21-22-14(25-13)24-6-8-3-11(17)20-12(18)4-8/h1-4H,5-6H2. The minimum absolute atomic E-state index is 0.381. The lowest BCUT2D eigenvalue weighted by Crippen LogP contribution is -1.84. The van der Waals surface area contributed by atoms with Gasteiger partial charge < -0.3 is 0 Å². The summed E-state index contributed by atoms with van der Waals surface area (Å²) in [6.07, 6.45) is 0. The lowest BCUT2D eigenvalue weighted by Gasteiger charge is -2.00. The molecule has 3 aromatic rings. The first-order valence-corrected chi connectivity index (χ1v) is 11.0. The fraction of sp³-hybridized carbons (Fsp3) is 0.143. The van der Waals surface area contributed by atoms with Gasteiger partial charge in [0.25, 0.3) is 0 Å². The maximum absolute atomic E-state index is 5.90. The maximum atomic E-state index is 5.90.